The summed E-state index contributed by atoms with van der Waals surface area (Å²) in [5.41, 5.74) is 0. The maximum absolute atomic E-state index is 11.5. The predicted molar refractivity (Wildman–Crippen MR) is 80.5 cm³/mol. The first kappa shape index (κ1) is 19.5. The molecule has 21 heavy (non-hydrogen) atoms. The first-order chi connectivity index (χ1) is 10.0. The number of aliphatic carboxylic acids is 1. The van der Waals surface area contributed by atoms with Crippen LogP contribution < -0.4 is 16.0 Å². The second-order valence-corrected chi connectivity index (χ2v) is 5.15. The zero-order valence-electron chi connectivity index (χ0n) is 12.3. The van der Waals surface area contributed by atoms with Gasteiger partial charge < -0.3 is 25.8 Å². The number of carboxylic acid groups (broad SMARTS) is 1. The minimum atomic E-state index is -1.07. The molecule has 8 nitrogen and oxygen atoms in total. The van der Waals surface area contributed by atoms with E-state index in [1.807, 2.05) is 6.26 Å². The topological polar surface area (TPSA) is 117 Å². The standard InChI is InChI=1S/C12H23N3O5S/c1-20-7-6-13-10(16)3-5-14-12(19)15-9(11(17)18)4-8-21-2/h9H,3-8H2,1-2H3,(H,13,16)(H,17,18)(H2,14,15,19)/t9-/m0/s1. The Hall–Kier alpha value is -1.48. The first-order valence-electron chi connectivity index (χ1n) is 6.53. The largest absolute Gasteiger partial charge is 0.480 e. The molecule has 1 atom stereocenters. The van der Waals surface area contributed by atoms with Crippen molar-refractivity contribution in [1.29, 1.82) is 0 Å². The van der Waals surface area contributed by atoms with Crippen molar-refractivity contribution in [3.63, 3.8) is 0 Å². The lowest BCUT2D eigenvalue weighted by Crippen LogP contribution is -2.47. The number of thioether (sulfide) groups is 1. The van der Waals surface area contributed by atoms with Gasteiger partial charge in [0.1, 0.15) is 6.04 Å². The zero-order chi connectivity index (χ0) is 16.1. The summed E-state index contributed by atoms with van der Waals surface area (Å²) in [4.78, 5) is 33.8. The van der Waals surface area contributed by atoms with E-state index in [-0.39, 0.29) is 18.9 Å². The molecule has 0 aromatic carbocycles. The summed E-state index contributed by atoms with van der Waals surface area (Å²) in [7, 11) is 1.54. The summed E-state index contributed by atoms with van der Waals surface area (Å²) >= 11 is 1.51. The van der Waals surface area contributed by atoms with Crippen molar-refractivity contribution in [1.82, 2.24) is 16.0 Å². The summed E-state index contributed by atoms with van der Waals surface area (Å²) in [5.74, 6) is -0.639. The van der Waals surface area contributed by atoms with E-state index < -0.39 is 18.0 Å². The second kappa shape index (κ2) is 12.3. The fourth-order valence-electron chi connectivity index (χ4n) is 1.37. The first-order valence-corrected chi connectivity index (χ1v) is 7.92. The molecule has 122 valence electrons. The summed E-state index contributed by atoms with van der Waals surface area (Å²) in [5, 5.41) is 16.4. The maximum atomic E-state index is 11.5. The smallest absolute Gasteiger partial charge is 0.326 e. The van der Waals surface area contributed by atoms with Gasteiger partial charge in [0.25, 0.3) is 0 Å². The molecular weight excluding hydrogens is 298 g/mol. The van der Waals surface area contributed by atoms with Crippen LogP contribution in [0.25, 0.3) is 0 Å². The molecule has 0 spiro atoms. The minimum absolute atomic E-state index is 0.125. The van der Waals surface area contributed by atoms with Gasteiger partial charge >= 0.3 is 12.0 Å². The van der Waals surface area contributed by atoms with E-state index in [9.17, 15) is 14.4 Å². The van der Waals surface area contributed by atoms with Crippen molar-refractivity contribution in [2.24, 2.45) is 0 Å². The molecule has 9 heteroatoms. The van der Waals surface area contributed by atoms with E-state index in [0.717, 1.165) is 0 Å². The Morgan fingerprint density at radius 3 is 2.52 bits per heavy atom. The molecular formula is C12H23N3O5S. The number of hydrogen-bond acceptors (Lipinski definition) is 5. The number of methoxy groups -OCH3 is 1. The van der Waals surface area contributed by atoms with Gasteiger partial charge in [-0.15, -0.1) is 0 Å². The molecule has 0 rings (SSSR count). The highest BCUT2D eigenvalue weighted by Gasteiger charge is 2.19. The van der Waals surface area contributed by atoms with Gasteiger partial charge in [-0.05, 0) is 18.4 Å². The normalized spacial score (nSPS) is 11.5. The fraction of sp³-hybridized carbons (Fsp3) is 0.750. The van der Waals surface area contributed by atoms with Crippen molar-refractivity contribution >= 4 is 29.7 Å². The van der Waals surface area contributed by atoms with Crippen molar-refractivity contribution in [3.8, 4) is 0 Å². The van der Waals surface area contributed by atoms with Crippen LogP contribution in [0.5, 0.6) is 0 Å². The molecule has 0 aliphatic heterocycles. The average Bonchev–Trinajstić information content (AvgIpc) is 2.43. The molecule has 0 aliphatic carbocycles. The van der Waals surface area contributed by atoms with E-state index in [1.165, 1.54) is 18.9 Å². The Labute approximate surface area is 128 Å². The lowest BCUT2D eigenvalue weighted by Gasteiger charge is -2.14. The number of carbonyl (C=O) groups excluding carboxylic acids is 2. The Morgan fingerprint density at radius 2 is 1.95 bits per heavy atom. The highest BCUT2D eigenvalue weighted by Crippen LogP contribution is 2.00. The molecule has 0 aromatic heterocycles. The van der Waals surface area contributed by atoms with Gasteiger partial charge in [0.15, 0.2) is 0 Å². The van der Waals surface area contributed by atoms with Gasteiger partial charge in [-0.1, -0.05) is 0 Å². The summed E-state index contributed by atoms with van der Waals surface area (Å²) in [6, 6.07) is -1.51. The third-order valence-corrected chi connectivity index (χ3v) is 3.12. The van der Waals surface area contributed by atoms with Crippen LogP contribution >= 0.6 is 11.8 Å². The monoisotopic (exact) mass is 321 g/mol. The van der Waals surface area contributed by atoms with Gasteiger partial charge in [0, 0.05) is 26.6 Å². The number of carbonyl (C=O) groups is 3. The van der Waals surface area contributed by atoms with Crippen LogP contribution in [0.15, 0.2) is 0 Å². The molecule has 0 fully saturated rings. The van der Waals surface area contributed by atoms with Gasteiger partial charge in [0.05, 0.1) is 6.61 Å². The highest BCUT2D eigenvalue weighted by molar-refractivity contribution is 7.98. The number of rotatable bonds is 11. The molecule has 0 radical (unpaired) electrons. The predicted octanol–water partition coefficient (Wildman–Crippen LogP) is -0.355. The number of amides is 3. The Morgan fingerprint density at radius 1 is 1.24 bits per heavy atom. The summed E-state index contributed by atoms with van der Waals surface area (Å²) < 4.78 is 4.78. The lowest BCUT2D eigenvalue weighted by molar-refractivity contribution is -0.139. The van der Waals surface area contributed by atoms with E-state index in [1.54, 1.807) is 0 Å². The number of nitrogens with one attached hydrogen (secondary N) is 3. The third kappa shape index (κ3) is 10.9. The van der Waals surface area contributed by atoms with Crippen LogP contribution in [0.1, 0.15) is 12.8 Å². The molecule has 0 unspecified atom stereocenters. The SMILES string of the molecule is COCCNC(=O)CCNC(=O)N[C@@H](CCSC)C(=O)O. The Bertz CT molecular complexity index is 341. The van der Waals surface area contributed by atoms with Gasteiger partial charge in [-0.25, -0.2) is 9.59 Å². The van der Waals surface area contributed by atoms with E-state index in [0.29, 0.717) is 25.3 Å². The molecule has 0 heterocycles. The van der Waals surface area contributed by atoms with Crippen LogP contribution in [0.3, 0.4) is 0 Å². The van der Waals surface area contributed by atoms with Gasteiger partial charge in [-0.2, -0.15) is 11.8 Å². The molecule has 0 bridgehead atoms. The lowest BCUT2D eigenvalue weighted by atomic mass is 10.2. The van der Waals surface area contributed by atoms with Crippen LogP contribution in [-0.4, -0.2) is 67.9 Å². The van der Waals surface area contributed by atoms with Crippen molar-refractivity contribution in [2.75, 3.05) is 38.8 Å². The van der Waals surface area contributed by atoms with E-state index in [2.05, 4.69) is 16.0 Å². The van der Waals surface area contributed by atoms with Gasteiger partial charge in [0.2, 0.25) is 5.91 Å². The number of carboxylic acids is 1. The maximum Gasteiger partial charge on any atom is 0.326 e. The molecule has 0 saturated carbocycles. The van der Waals surface area contributed by atoms with Crippen LogP contribution in [0.4, 0.5) is 4.79 Å². The van der Waals surface area contributed by atoms with Crippen LogP contribution in [0.2, 0.25) is 0 Å². The number of urea groups is 1. The number of hydrogen-bond donors (Lipinski definition) is 4. The molecule has 4 N–H and O–H groups in total. The minimum Gasteiger partial charge on any atom is -0.480 e. The Kier molecular flexibility index (Phi) is 11.4. The van der Waals surface area contributed by atoms with E-state index in [4.69, 9.17) is 9.84 Å². The Balaban J connectivity index is 3.86. The van der Waals surface area contributed by atoms with Crippen molar-refractivity contribution in [2.45, 2.75) is 18.9 Å². The zero-order valence-corrected chi connectivity index (χ0v) is 13.1. The fourth-order valence-corrected chi connectivity index (χ4v) is 1.84. The number of ether oxygens (including phenoxy) is 1. The quantitative estimate of drug-likeness (QED) is 0.386. The average molecular weight is 321 g/mol. The van der Waals surface area contributed by atoms with Crippen LogP contribution in [-0.2, 0) is 14.3 Å². The molecule has 3 amide bonds. The van der Waals surface area contributed by atoms with Gasteiger partial charge in [-0.3, -0.25) is 4.79 Å². The molecule has 0 aromatic rings. The second-order valence-electron chi connectivity index (χ2n) is 4.17. The van der Waals surface area contributed by atoms with Crippen LogP contribution in [0, 0.1) is 0 Å². The summed E-state index contributed by atoms with van der Waals surface area (Å²) in [6.45, 7) is 0.978. The van der Waals surface area contributed by atoms with Crippen molar-refractivity contribution in [3.05, 3.63) is 0 Å². The highest BCUT2D eigenvalue weighted by atomic mass is 32.2. The molecule has 0 aliphatic rings. The summed E-state index contributed by atoms with van der Waals surface area (Å²) in [6.07, 6.45) is 2.34. The van der Waals surface area contributed by atoms with Crippen molar-refractivity contribution < 1.29 is 24.2 Å². The molecule has 0 saturated heterocycles. The van der Waals surface area contributed by atoms with E-state index >= 15 is 0 Å². The third-order valence-electron chi connectivity index (χ3n) is 2.48.